The Morgan fingerprint density at radius 1 is 1.06 bits per heavy atom. The largest absolute Gasteiger partial charge is 0.462 e. The van der Waals surface area contributed by atoms with Crippen molar-refractivity contribution in [1.82, 2.24) is 5.32 Å². The first-order valence-electron chi connectivity index (χ1n) is 12.2. The van der Waals surface area contributed by atoms with E-state index in [0.29, 0.717) is 35.2 Å². The number of amides is 2. The molecule has 2 N–H and O–H groups in total. The number of anilines is 1. The molecule has 0 aromatic carbocycles. The van der Waals surface area contributed by atoms with Crippen LogP contribution in [0, 0.1) is 24.2 Å². The van der Waals surface area contributed by atoms with Crippen LogP contribution >= 0.6 is 11.3 Å². The molecule has 2 unspecified atom stereocenters. The summed E-state index contributed by atoms with van der Waals surface area (Å²) in [7, 11) is 0. The zero-order valence-corrected chi connectivity index (χ0v) is 21.2. The summed E-state index contributed by atoms with van der Waals surface area (Å²) in [4.78, 5) is 51.2. The molecule has 0 aliphatic heterocycles. The molecule has 34 heavy (non-hydrogen) atoms. The van der Waals surface area contributed by atoms with Gasteiger partial charge in [-0.2, -0.15) is 0 Å². The van der Waals surface area contributed by atoms with E-state index in [4.69, 9.17) is 9.47 Å². The van der Waals surface area contributed by atoms with Crippen LogP contribution in [0.4, 0.5) is 5.00 Å². The molecule has 0 saturated heterocycles. The Labute approximate surface area is 204 Å². The quantitative estimate of drug-likeness (QED) is 0.537. The van der Waals surface area contributed by atoms with E-state index in [-0.39, 0.29) is 24.0 Å². The molecule has 2 atom stereocenters. The number of carbonyl (C=O) groups excluding carboxylic acids is 4. The van der Waals surface area contributed by atoms with Crippen LogP contribution in [0.25, 0.3) is 0 Å². The van der Waals surface area contributed by atoms with Crippen molar-refractivity contribution in [2.75, 3.05) is 18.5 Å². The van der Waals surface area contributed by atoms with E-state index in [1.807, 2.05) is 13.8 Å². The predicted octanol–water partition coefficient (Wildman–Crippen LogP) is 3.75. The summed E-state index contributed by atoms with van der Waals surface area (Å²) >= 11 is 1.32. The van der Waals surface area contributed by atoms with E-state index in [9.17, 15) is 19.2 Å². The van der Waals surface area contributed by atoms with Crippen LogP contribution in [0.5, 0.6) is 0 Å². The number of aryl methyl sites for hydroxylation is 1. The SMILES string of the molecule is CCOC(=O)c1c(NC(=O)COC(=O)C23CC4CC(CC(NC(C)=O)(C4)C2)C3)sc(C)c1CC. The monoisotopic (exact) mass is 490 g/mol. The van der Waals surface area contributed by atoms with Crippen molar-refractivity contribution < 1.29 is 28.7 Å². The number of esters is 2. The van der Waals surface area contributed by atoms with Gasteiger partial charge in [0.15, 0.2) is 6.61 Å². The number of hydrogen-bond acceptors (Lipinski definition) is 7. The minimum Gasteiger partial charge on any atom is -0.462 e. The summed E-state index contributed by atoms with van der Waals surface area (Å²) in [5, 5.41) is 6.31. The van der Waals surface area contributed by atoms with Crippen molar-refractivity contribution >= 4 is 40.1 Å². The van der Waals surface area contributed by atoms with Gasteiger partial charge in [-0.1, -0.05) is 6.92 Å². The van der Waals surface area contributed by atoms with Crippen LogP contribution in [0.3, 0.4) is 0 Å². The minimum atomic E-state index is -0.641. The molecular weight excluding hydrogens is 456 g/mol. The number of rotatable bonds is 8. The van der Waals surface area contributed by atoms with E-state index in [0.717, 1.165) is 42.5 Å². The second kappa shape index (κ2) is 9.32. The Hall–Kier alpha value is -2.42. The third kappa shape index (κ3) is 4.59. The standard InChI is InChI=1S/C25H34N2O6S/c1-5-18-14(3)34-21(20(18)22(30)32-6-2)26-19(29)12-33-23(31)24-8-16-7-17(9-24)11-25(10-16,13-24)27-15(4)28/h16-17H,5-13H2,1-4H3,(H,26,29)(H,27,28). The first-order valence-corrected chi connectivity index (χ1v) is 13.0. The van der Waals surface area contributed by atoms with Gasteiger partial charge >= 0.3 is 11.9 Å². The van der Waals surface area contributed by atoms with Gasteiger partial charge < -0.3 is 20.1 Å². The lowest BCUT2D eigenvalue weighted by atomic mass is 9.47. The lowest BCUT2D eigenvalue weighted by Gasteiger charge is -2.60. The molecule has 0 spiro atoms. The molecular formula is C25H34N2O6S. The second-order valence-electron chi connectivity index (χ2n) is 10.2. The fourth-order valence-electron chi connectivity index (χ4n) is 6.98. The number of thiophene rings is 1. The van der Waals surface area contributed by atoms with Crippen molar-refractivity contribution in [2.45, 2.75) is 78.2 Å². The first-order chi connectivity index (χ1) is 16.1. The minimum absolute atomic E-state index is 0.0695. The maximum atomic E-state index is 13.3. The van der Waals surface area contributed by atoms with Gasteiger partial charge in [-0.3, -0.25) is 14.4 Å². The van der Waals surface area contributed by atoms with Crippen molar-refractivity contribution in [3.05, 3.63) is 16.0 Å². The average Bonchev–Trinajstić information content (AvgIpc) is 3.04. The number of carbonyl (C=O) groups is 4. The van der Waals surface area contributed by atoms with Gasteiger partial charge in [-0.05, 0) is 76.2 Å². The molecule has 9 heteroatoms. The van der Waals surface area contributed by atoms with Gasteiger partial charge in [0.1, 0.15) is 5.00 Å². The number of hydrogen-bond donors (Lipinski definition) is 2. The summed E-state index contributed by atoms with van der Waals surface area (Å²) in [5.41, 5.74) is 0.256. The lowest BCUT2D eigenvalue weighted by Crippen LogP contribution is -2.64. The van der Waals surface area contributed by atoms with Crippen LogP contribution in [0.2, 0.25) is 0 Å². The molecule has 8 nitrogen and oxygen atoms in total. The molecule has 2 amide bonds. The highest BCUT2D eigenvalue weighted by atomic mass is 32.1. The van der Waals surface area contributed by atoms with Crippen LogP contribution in [-0.4, -0.2) is 42.5 Å². The molecule has 4 fully saturated rings. The van der Waals surface area contributed by atoms with Crippen molar-refractivity contribution in [1.29, 1.82) is 0 Å². The molecule has 186 valence electrons. The van der Waals surface area contributed by atoms with Gasteiger partial charge in [-0.25, -0.2) is 4.79 Å². The average molecular weight is 491 g/mol. The van der Waals surface area contributed by atoms with Gasteiger partial charge in [0.2, 0.25) is 5.91 Å². The maximum Gasteiger partial charge on any atom is 0.341 e. The van der Waals surface area contributed by atoms with E-state index < -0.39 is 23.9 Å². The van der Waals surface area contributed by atoms with E-state index >= 15 is 0 Å². The predicted molar refractivity (Wildman–Crippen MR) is 128 cm³/mol. The Balaban J connectivity index is 1.43. The summed E-state index contributed by atoms with van der Waals surface area (Å²) in [5.74, 6) is -0.586. The van der Waals surface area contributed by atoms with Crippen LogP contribution in [-0.2, 0) is 30.3 Å². The molecule has 1 aromatic heterocycles. The molecule has 4 aliphatic carbocycles. The second-order valence-corrected chi connectivity index (χ2v) is 11.5. The van der Waals surface area contributed by atoms with Gasteiger partial charge in [0, 0.05) is 17.3 Å². The Kier molecular flexibility index (Phi) is 6.77. The highest BCUT2D eigenvalue weighted by Crippen LogP contribution is 2.62. The Bertz CT molecular complexity index is 1000. The molecule has 0 radical (unpaired) electrons. The number of ether oxygens (including phenoxy) is 2. The van der Waals surface area contributed by atoms with Crippen LogP contribution in [0.15, 0.2) is 0 Å². The highest BCUT2D eigenvalue weighted by molar-refractivity contribution is 7.16. The topological polar surface area (TPSA) is 111 Å². The van der Waals surface area contributed by atoms with Crippen molar-refractivity contribution in [3.8, 4) is 0 Å². The van der Waals surface area contributed by atoms with E-state index in [1.54, 1.807) is 6.92 Å². The van der Waals surface area contributed by atoms with Crippen molar-refractivity contribution in [3.63, 3.8) is 0 Å². The van der Waals surface area contributed by atoms with E-state index in [2.05, 4.69) is 10.6 Å². The molecule has 4 aliphatic rings. The van der Waals surface area contributed by atoms with Crippen LogP contribution in [0.1, 0.15) is 80.1 Å². The van der Waals surface area contributed by atoms with Crippen LogP contribution < -0.4 is 10.6 Å². The highest BCUT2D eigenvalue weighted by Gasteiger charge is 2.61. The molecule has 1 aromatic rings. The molecule has 4 bridgehead atoms. The van der Waals surface area contributed by atoms with Gasteiger partial charge in [0.25, 0.3) is 5.91 Å². The van der Waals surface area contributed by atoms with Gasteiger partial charge in [0.05, 0.1) is 17.6 Å². The maximum absolute atomic E-state index is 13.3. The molecule has 4 saturated carbocycles. The summed E-state index contributed by atoms with van der Waals surface area (Å²) in [6.45, 7) is 6.94. The van der Waals surface area contributed by atoms with E-state index in [1.165, 1.54) is 18.3 Å². The first kappa shape index (κ1) is 24.7. The molecule has 5 rings (SSSR count). The van der Waals surface area contributed by atoms with Gasteiger partial charge in [-0.15, -0.1) is 11.3 Å². The molecule has 1 heterocycles. The summed E-state index contributed by atoms with van der Waals surface area (Å²) < 4.78 is 10.7. The van der Waals surface area contributed by atoms with Crippen molar-refractivity contribution in [2.24, 2.45) is 17.3 Å². The lowest BCUT2D eigenvalue weighted by molar-refractivity contribution is -0.176. The Morgan fingerprint density at radius 3 is 2.32 bits per heavy atom. The third-order valence-electron chi connectivity index (χ3n) is 7.56. The number of nitrogens with one attached hydrogen (secondary N) is 2. The zero-order chi connectivity index (χ0) is 24.7. The normalized spacial score (nSPS) is 28.9. The summed E-state index contributed by atoms with van der Waals surface area (Å²) in [6.07, 6.45) is 5.63. The zero-order valence-electron chi connectivity index (χ0n) is 20.4. The third-order valence-corrected chi connectivity index (χ3v) is 8.63. The fraction of sp³-hybridized carbons (Fsp3) is 0.680. The summed E-state index contributed by atoms with van der Waals surface area (Å²) in [6, 6.07) is 0. The smallest absolute Gasteiger partial charge is 0.341 e. The fourth-order valence-corrected chi connectivity index (χ4v) is 8.13. The Morgan fingerprint density at radius 2 is 1.74 bits per heavy atom.